The van der Waals surface area contributed by atoms with Crippen LogP contribution in [0.1, 0.15) is 28.4 Å². The van der Waals surface area contributed by atoms with Gasteiger partial charge in [0.15, 0.2) is 0 Å². The molecule has 3 rings (SSSR count). The van der Waals surface area contributed by atoms with Crippen LogP contribution in [0.5, 0.6) is 5.75 Å². The van der Waals surface area contributed by atoms with E-state index in [1.165, 1.54) is 11.8 Å². The highest BCUT2D eigenvalue weighted by Gasteiger charge is 2.23. The standard InChI is InChI=1S/C17H18N2O3/c1-2-22-14-6-5-13-11-19(9-7-12(13)10-14)17(21)15-4-3-8-18-16(15)20/h3-6,8,10H,2,7,9,11H2,1H3,(H,18,20). The number of hydrogen-bond acceptors (Lipinski definition) is 3. The average molecular weight is 298 g/mol. The highest BCUT2D eigenvalue weighted by molar-refractivity contribution is 5.93. The summed E-state index contributed by atoms with van der Waals surface area (Å²) in [5.41, 5.74) is 2.16. The number of carbonyl (C=O) groups is 1. The minimum absolute atomic E-state index is 0.192. The Kier molecular flexibility index (Phi) is 3.96. The van der Waals surface area contributed by atoms with Crippen LogP contribution in [-0.2, 0) is 13.0 Å². The molecule has 114 valence electrons. The first-order valence-electron chi connectivity index (χ1n) is 7.40. The first-order valence-corrected chi connectivity index (χ1v) is 7.40. The third-order valence-electron chi connectivity index (χ3n) is 3.84. The van der Waals surface area contributed by atoms with Gasteiger partial charge in [0, 0.05) is 19.3 Å². The number of nitrogens with one attached hydrogen (secondary N) is 1. The topological polar surface area (TPSA) is 62.4 Å². The Labute approximate surface area is 128 Å². The molecule has 0 atom stereocenters. The van der Waals surface area contributed by atoms with Crippen LogP contribution in [0.15, 0.2) is 41.3 Å². The number of H-pyrrole nitrogens is 1. The maximum Gasteiger partial charge on any atom is 0.260 e. The monoisotopic (exact) mass is 298 g/mol. The van der Waals surface area contributed by atoms with Gasteiger partial charge in [-0.05, 0) is 48.7 Å². The number of carbonyl (C=O) groups excluding carboxylic acids is 1. The number of pyridine rings is 1. The Morgan fingerprint density at radius 3 is 2.95 bits per heavy atom. The maximum absolute atomic E-state index is 12.5. The predicted molar refractivity (Wildman–Crippen MR) is 83.1 cm³/mol. The summed E-state index contributed by atoms with van der Waals surface area (Å²) < 4.78 is 5.51. The molecule has 0 radical (unpaired) electrons. The summed E-state index contributed by atoms with van der Waals surface area (Å²) in [5, 5.41) is 0. The lowest BCUT2D eigenvalue weighted by atomic mass is 9.99. The molecule has 1 aromatic heterocycles. The highest BCUT2D eigenvalue weighted by atomic mass is 16.5. The Morgan fingerprint density at radius 2 is 2.18 bits per heavy atom. The number of aromatic nitrogens is 1. The van der Waals surface area contributed by atoms with Crippen molar-refractivity contribution in [1.29, 1.82) is 0 Å². The van der Waals surface area contributed by atoms with Crippen LogP contribution in [0.3, 0.4) is 0 Å². The summed E-state index contributed by atoms with van der Waals surface area (Å²) in [6, 6.07) is 9.19. The molecule has 0 unspecified atom stereocenters. The normalized spacial score (nSPS) is 13.6. The van der Waals surface area contributed by atoms with Gasteiger partial charge in [-0.15, -0.1) is 0 Å². The SMILES string of the molecule is CCOc1ccc2c(c1)CCN(C(=O)c1ccc[nH]c1=O)C2. The molecule has 1 amide bonds. The van der Waals surface area contributed by atoms with E-state index in [2.05, 4.69) is 4.98 Å². The summed E-state index contributed by atoms with van der Waals surface area (Å²) in [6.45, 7) is 3.72. The van der Waals surface area contributed by atoms with Crippen LogP contribution in [0.25, 0.3) is 0 Å². The second-order valence-electron chi connectivity index (χ2n) is 5.25. The lowest BCUT2D eigenvalue weighted by Crippen LogP contribution is -2.38. The van der Waals surface area contributed by atoms with Gasteiger partial charge in [0.05, 0.1) is 6.61 Å². The van der Waals surface area contributed by atoms with Crippen molar-refractivity contribution in [3.63, 3.8) is 0 Å². The molecule has 1 aliphatic rings. The largest absolute Gasteiger partial charge is 0.494 e. The summed E-state index contributed by atoms with van der Waals surface area (Å²) in [7, 11) is 0. The summed E-state index contributed by atoms with van der Waals surface area (Å²) in [5.74, 6) is 0.641. The molecule has 1 N–H and O–H groups in total. The Balaban J connectivity index is 1.81. The van der Waals surface area contributed by atoms with Gasteiger partial charge in [0.25, 0.3) is 11.5 Å². The summed E-state index contributed by atoms with van der Waals surface area (Å²) in [6.07, 6.45) is 2.30. The quantitative estimate of drug-likeness (QED) is 0.942. The number of aromatic amines is 1. The van der Waals surface area contributed by atoms with Gasteiger partial charge in [-0.1, -0.05) is 6.07 Å². The van der Waals surface area contributed by atoms with Crippen LogP contribution in [-0.4, -0.2) is 28.9 Å². The molecule has 1 aromatic carbocycles. The lowest BCUT2D eigenvalue weighted by molar-refractivity contribution is 0.0733. The van der Waals surface area contributed by atoms with E-state index in [1.54, 1.807) is 17.0 Å². The van der Waals surface area contributed by atoms with Crippen molar-refractivity contribution >= 4 is 5.91 Å². The maximum atomic E-state index is 12.5. The van der Waals surface area contributed by atoms with Crippen LogP contribution >= 0.6 is 0 Å². The van der Waals surface area contributed by atoms with E-state index in [0.29, 0.717) is 19.7 Å². The number of fused-ring (bicyclic) bond motifs is 1. The van der Waals surface area contributed by atoms with Gasteiger partial charge in [-0.25, -0.2) is 0 Å². The molecule has 0 spiro atoms. The minimum atomic E-state index is -0.343. The second-order valence-corrected chi connectivity index (χ2v) is 5.25. The van der Waals surface area contributed by atoms with Crippen molar-refractivity contribution in [2.24, 2.45) is 0 Å². The first-order chi connectivity index (χ1) is 10.7. The number of rotatable bonds is 3. The first kappa shape index (κ1) is 14.4. The molecule has 0 aliphatic carbocycles. The fourth-order valence-corrected chi connectivity index (χ4v) is 2.72. The van der Waals surface area contributed by atoms with Gasteiger partial charge in [0.1, 0.15) is 11.3 Å². The molecular weight excluding hydrogens is 280 g/mol. The van der Waals surface area contributed by atoms with E-state index in [4.69, 9.17) is 4.74 Å². The van der Waals surface area contributed by atoms with Crippen molar-refractivity contribution in [3.05, 3.63) is 63.6 Å². The lowest BCUT2D eigenvalue weighted by Gasteiger charge is -2.29. The number of ether oxygens (including phenoxy) is 1. The van der Waals surface area contributed by atoms with E-state index < -0.39 is 0 Å². The number of nitrogens with zero attached hydrogens (tertiary/aromatic N) is 1. The van der Waals surface area contributed by atoms with Crippen LogP contribution in [0, 0.1) is 0 Å². The van der Waals surface area contributed by atoms with E-state index in [9.17, 15) is 9.59 Å². The molecule has 2 aromatic rings. The van der Waals surface area contributed by atoms with E-state index in [1.807, 2.05) is 25.1 Å². The van der Waals surface area contributed by atoms with E-state index >= 15 is 0 Å². The van der Waals surface area contributed by atoms with Crippen molar-refractivity contribution in [2.45, 2.75) is 19.9 Å². The summed E-state index contributed by atoms with van der Waals surface area (Å²) >= 11 is 0. The van der Waals surface area contributed by atoms with Gasteiger partial charge < -0.3 is 14.6 Å². The number of benzene rings is 1. The molecular formula is C17H18N2O3. The van der Waals surface area contributed by atoms with Gasteiger partial charge in [-0.3, -0.25) is 9.59 Å². The molecule has 0 bridgehead atoms. The molecule has 0 fully saturated rings. The Morgan fingerprint density at radius 1 is 1.32 bits per heavy atom. The van der Waals surface area contributed by atoms with Crippen LogP contribution in [0.2, 0.25) is 0 Å². The van der Waals surface area contributed by atoms with Gasteiger partial charge >= 0.3 is 0 Å². The smallest absolute Gasteiger partial charge is 0.260 e. The molecule has 5 nitrogen and oxygen atoms in total. The third-order valence-corrected chi connectivity index (χ3v) is 3.84. The molecule has 22 heavy (non-hydrogen) atoms. The van der Waals surface area contributed by atoms with Gasteiger partial charge in [-0.2, -0.15) is 0 Å². The molecule has 5 heteroatoms. The molecule has 0 saturated carbocycles. The highest BCUT2D eigenvalue weighted by Crippen LogP contribution is 2.24. The zero-order valence-corrected chi connectivity index (χ0v) is 12.5. The third kappa shape index (κ3) is 2.74. The molecule has 1 aliphatic heterocycles. The second kappa shape index (κ2) is 6.05. The number of amides is 1. The molecule has 0 saturated heterocycles. The number of hydrogen-bond donors (Lipinski definition) is 1. The van der Waals surface area contributed by atoms with E-state index in [-0.39, 0.29) is 17.0 Å². The van der Waals surface area contributed by atoms with Crippen LogP contribution < -0.4 is 10.3 Å². The molecule has 2 heterocycles. The Hall–Kier alpha value is -2.56. The zero-order valence-electron chi connectivity index (χ0n) is 12.5. The van der Waals surface area contributed by atoms with Crippen molar-refractivity contribution in [1.82, 2.24) is 9.88 Å². The minimum Gasteiger partial charge on any atom is -0.494 e. The van der Waals surface area contributed by atoms with Crippen molar-refractivity contribution in [3.8, 4) is 5.75 Å². The predicted octanol–water partition coefficient (Wildman–Crippen LogP) is 1.97. The fraction of sp³-hybridized carbons (Fsp3) is 0.294. The van der Waals surface area contributed by atoms with Crippen LogP contribution in [0.4, 0.5) is 0 Å². The van der Waals surface area contributed by atoms with Crippen molar-refractivity contribution < 1.29 is 9.53 Å². The van der Waals surface area contributed by atoms with Gasteiger partial charge in [0.2, 0.25) is 0 Å². The summed E-state index contributed by atoms with van der Waals surface area (Å²) in [4.78, 5) is 28.5. The van der Waals surface area contributed by atoms with Crippen molar-refractivity contribution in [2.75, 3.05) is 13.2 Å². The fourth-order valence-electron chi connectivity index (χ4n) is 2.72. The Bertz CT molecular complexity index is 752. The zero-order chi connectivity index (χ0) is 15.5. The van der Waals surface area contributed by atoms with E-state index in [0.717, 1.165) is 17.7 Å². The average Bonchev–Trinajstić information content (AvgIpc) is 2.54.